The number of aryl methyl sites for hydroxylation is 1. The lowest BCUT2D eigenvalue weighted by molar-refractivity contribution is 0.673. The number of imidazole rings is 1. The minimum atomic E-state index is 0.813. The van der Waals surface area contributed by atoms with Crippen LogP contribution in [0.4, 0.5) is 0 Å². The van der Waals surface area contributed by atoms with Crippen molar-refractivity contribution in [1.29, 1.82) is 0 Å². The van der Waals surface area contributed by atoms with Gasteiger partial charge in [-0.3, -0.25) is 4.57 Å². The van der Waals surface area contributed by atoms with E-state index in [2.05, 4.69) is 56.6 Å². The van der Waals surface area contributed by atoms with E-state index in [-0.39, 0.29) is 0 Å². The molecule has 0 saturated carbocycles. The van der Waals surface area contributed by atoms with Crippen LogP contribution in [0.5, 0.6) is 0 Å². The number of para-hydroxylation sites is 1. The highest BCUT2D eigenvalue weighted by Crippen LogP contribution is 2.14. The molecule has 20 heavy (non-hydrogen) atoms. The van der Waals surface area contributed by atoms with Crippen molar-refractivity contribution in [2.45, 2.75) is 20.0 Å². The second-order valence-electron chi connectivity index (χ2n) is 4.65. The second kappa shape index (κ2) is 6.03. The normalized spacial score (nSPS) is 10.8. The topological polar surface area (TPSA) is 29.9 Å². The Bertz CT molecular complexity index is 656. The Morgan fingerprint density at radius 3 is 2.70 bits per heavy atom. The van der Waals surface area contributed by atoms with Crippen LogP contribution in [0, 0.1) is 6.92 Å². The third-order valence-corrected chi connectivity index (χ3v) is 4.09. The molecule has 3 rings (SSSR count). The van der Waals surface area contributed by atoms with Gasteiger partial charge in [-0.25, -0.2) is 4.98 Å². The number of thiophene rings is 1. The van der Waals surface area contributed by atoms with Crippen LogP contribution in [0.2, 0.25) is 0 Å². The van der Waals surface area contributed by atoms with Crippen molar-refractivity contribution in [3.8, 4) is 5.69 Å². The third kappa shape index (κ3) is 2.81. The van der Waals surface area contributed by atoms with Gasteiger partial charge in [0.1, 0.15) is 5.82 Å². The molecule has 0 saturated heterocycles. The van der Waals surface area contributed by atoms with Crippen molar-refractivity contribution in [1.82, 2.24) is 14.9 Å². The molecule has 0 aliphatic rings. The van der Waals surface area contributed by atoms with Crippen LogP contribution in [-0.2, 0) is 13.1 Å². The van der Waals surface area contributed by atoms with Gasteiger partial charge in [-0.2, -0.15) is 0 Å². The molecule has 0 fully saturated rings. The average molecular weight is 283 g/mol. The highest BCUT2D eigenvalue weighted by atomic mass is 32.1. The molecule has 2 heterocycles. The van der Waals surface area contributed by atoms with Crippen LogP contribution in [0.3, 0.4) is 0 Å². The van der Waals surface area contributed by atoms with Crippen LogP contribution in [0.1, 0.15) is 16.4 Å². The van der Waals surface area contributed by atoms with Gasteiger partial charge in [0.25, 0.3) is 0 Å². The molecule has 4 heteroatoms. The minimum Gasteiger partial charge on any atom is -0.306 e. The molecule has 0 bridgehead atoms. The smallest absolute Gasteiger partial charge is 0.110 e. The fourth-order valence-electron chi connectivity index (χ4n) is 2.27. The summed E-state index contributed by atoms with van der Waals surface area (Å²) in [6, 6.07) is 14.6. The number of aromatic nitrogens is 2. The summed E-state index contributed by atoms with van der Waals surface area (Å²) in [4.78, 5) is 5.79. The summed E-state index contributed by atoms with van der Waals surface area (Å²) in [6.45, 7) is 3.75. The third-order valence-electron chi connectivity index (χ3n) is 3.21. The Kier molecular flexibility index (Phi) is 3.95. The Balaban J connectivity index is 1.74. The maximum Gasteiger partial charge on any atom is 0.110 e. The van der Waals surface area contributed by atoms with Crippen molar-refractivity contribution in [2.75, 3.05) is 0 Å². The van der Waals surface area contributed by atoms with Gasteiger partial charge < -0.3 is 5.32 Å². The van der Waals surface area contributed by atoms with Gasteiger partial charge in [-0.1, -0.05) is 24.3 Å². The zero-order valence-corrected chi connectivity index (χ0v) is 12.2. The molecule has 2 aromatic heterocycles. The first-order chi connectivity index (χ1) is 9.84. The van der Waals surface area contributed by atoms with Crippen molar-refractivity contribution in [3.05, 3.63) is 70.4 Å². The minimum absolute atomic E-state index is 0.813. The molecule has 0 atom stereocenters. The summed E-state index contributed by atoms with van der Waals surface area (Å²) in [7, 11) is 0. The summed E-state index contributed by atoms with van der Waals surface area (Å²) >= 11 is 1.78. The zero-order chi connectivity index (χ0) is 13.8. The Labute approximate surface area is 122 Å². The lowest BCUT2D eigenvalue weighted by Gasteiger charge is -2.10. The fraction of sp³-hybridized carbons (Fsp3) is 0.188. The summed E-state index contributed by atoms with van der Waals surface area (Å²) in [5.74, 6) is 1.02. The van der Waals surface area contributed by atoms with E-state index in [4.69, 9.17) is 0 Å². The van der Waals surface area contributed by atoms with Crippen molar-refractivity contribution < 1.29 is 0 Å². The second-order valence-corrected chi connectivity index (χ2v) is 5.68. The number of benzene rings is 1. The van der Waals surface area contributed by atoms with Crippen LogP contribution < -0.4 is 5.32 Å². The first-order valence-electron chi connectivity index (χ1n) is 6.66. The van der Waals surface area contributed by atoms with Crippen LogP contribution in [0.25, 0.3) is 5.69 Å². The maximum absolute atomic E-state index is 4.43. The van der Waals surface area contributed by atoms with Crippen molar-refractivity contribution in [3.63, 3.8) is 0 Å². The molecule has 1 aromatic carbocycles. The van der Waals surface area contributed by atoms with Gasteiger partial charge >= 0.3 is 0 Å². The van der Waals surface area contributed by atoms with E-state index < -0.39 is 0 Å². The molecule has 0 aliphatic carbocycles. The Morgan fingerprint density at radius 2 is 1.95 bits per heavy atom. The zero-order valence-electron chi connectivity index (χ0n) is 11.4. The molecule has 3 aromatic rings. The van der Waals surface area contributed by atoms with Gasteiger partial charge in [-0.15, -0.1) is 11.3 Å². The highest BCUT2D eigenvalue weighted by Gasteiger charge is 2.08. The largest absolute Gasteiger partial charge is 0.306 e. The molecule has 0 spiro atoms. The molecule has 0 unspecified atom stereocenters. The van der Waals surface area contributed by atoms with E-state index in [0.29, 0.717) is 0 Å². The number of nitrogens with one attached hydrogen (secondary N) is 1. The molecular formula is C16H17N3S. The van der Waals surface area contributed by atoms with E-state index in [0.717, 1.165) is 24.6 Å². The van der Waals surface area contributed by atoms with Gasteiger partial charge in [0.15, 0.2) is 0 Å². The molecule has 3 nitrogen and oxygen atoms in total. The quantitative estimate of drug-likeness (QED) is 0.776. The summed E-state index contributed by atoms with van der Waals surface area (Å²) in [6.07, 6.45) is 1.95. The number of rotatable bonds is 5. The molecule has 0 amide bonds. The number of hydrogen-bond acceptors (Lipinski definition) is 3. The fourth-order valence-corrected chi connectivity index (χ4v) is 2.95. The van der Waals surface area contributed by atoms with E-state index in [1.807, 2.05) is 19.2 Å². The predicted molar refractivity (Wildman–Crippen MR) is 83.2 cm³/mol. The first-order valence-corrected chi connectivity index (χ1v) is 7.54. The summed E-state index contributed by atoms with van der Waals surface area (Å²) in [5.41, 5.74) is 2.35. The Morgan fingerprint density at radius 1 is 1.10 bits per heavy atom. The molecule has 0 radical (unpaired) electrons. The van der Waals surface area contributed by atoms with E-state index >= 15 is 0 Å². The molecule has 1 N–H and O–H groups in total. The standard InChI is InChI=1S/C16H17N3S/c1-13-18-11-15(10-17-12-16-8-5-9-20-16)19(13)14-6-3-2-4-7-14/h2-9,11,17H,10,12H2,1H3. The first kappa shape index (κ1) is 13.1. The van der Waals surface area contributed by atoms with Crippen LogP contribution >= 0.6 is 11.3 Å². The lowest BCUT2D eigenvalue weighted by atomic mass is 10.3. The predicted octanol–water partition coefficient (Wildman–Crippen LogP) is 3.53. The van der Waals surface area contributed by atoms with Crippen molar-refractivity contribution in [2.24, 2.45) is 0 Å². The van der Waals surface area contributed by atoms with Crippen LogP contribution in [-0.4, -0.2) is 9.55 Å². The van der Waals surface area contributed by atoms with Crippen molar-refractivity contribution >= 4 is 11.3 Å². The molecule has 0 aliphatic heterocycles. The van der Waals surface area contributed by atoms with Gasteiger partial charge in [0, 0.05) is 23.7 Å². The summed E-state index contributed by atoms with van der Waals surface area (Å²) in [5, 5.41) is 5.58. The van der Waals surface area contributed by atoms with E-state index in [9.17, 15) is 0 Å². The SMILES string of the molecule is Cc1ncc(CNCc2cccs2)n1-c1ccccc1. The highest BCUT2D eigenvalue weighted by molar-refractivity contribution is 7.09. The van der Waals surface area contributed by atoms with E-state index in [1.165, 1.54) is 10.6 Å². The maximum atomic E-state index is 4.43. The monoisotopic (exact) mass is 283 g/mol. The van der Waals surface area contributed by atoms with Gasteiger partial charge in [0.2, 0.25) is 0 Å². The Hall–Kier alpha value is -1.91. The number of hydrogen-bond donors (Lipinski definition) is 1. The average Bonchev–Trinajstić information content (AvgIpc) is 3.10. The van der Waals surface area contributed by atoms with E-state index in [1.54, 1.807) is 11.3 Å². The van der Waals surface area contributed by atoms with Gasteiger partial charge in [-0.05, 0) is 30.5 Å². The summed E-state index contributed by atoms with van der Waals surface area (Å²) < 4.78 is 2.20. The molecule has 102 valence electrons. The number of nitrogens with zero attached hydrogens (tertiary/aromatic N) is 2. The van der Waals surface area contributed by atoms with Gasteiger partial charge in [0.05, 0.1) is 11.9 Å². The lowest BCUT2D eigenvalue weighted by Crippen LogP contribution is -2.15. The van der Waals surface area contributed by atoms with Crippen LogP contribution in [0.15, 0.2) is 54.0 Å². The molecular weight excluding hydrogens is 266 g/mol.